The van der Waals surface area contributed by atoms with Crippen LogP contribution in [-0.4, -0.2) is 46.0 Å². The second-order valence-corrected chi connectivity index (χ2v) is 9.36. The molecule has 1 saturated heterocycles. The second-order valence-electron chi connectivity index (χ2n) is 7.47. The zero-order chi connectivity index (χ0) is 18.7. The van der Waals surface area contributed by atoms with Gasteiger partial charge in [0.2, 0.25) is 15.9 Å². The van der Waals surface area contributed by atoms with Crippen LogP contribution in [0.1, 0.15) is 33.6 Å². The van der Waals surface area contributed by atoms with Gasteiger partial charge in [-0.05, 0) is 37.9 Å². The summed E-state index contributed by atoms with van der Waals surface area (Å²) >= 11 is 0. The van der Waals surface area contributed by atoms with Crippen molar-refractivity contribution in [2.75, 3.05) is 31.6 Å². The predicted molar refractivity (Wildman–Crippen MR) is 97.9 cm³/mol. The Morgan fingerprint density at radius 3 is 2.64 bits per heavy atom. The van der Waals surface area contributed by atoms with Crippen molar-refractivity contribution in [1.29, 1.82) is 0 Å². The molecule has 2 N–H and O–H groups in total. The van der Waals surface area contributed by atoms with Gasteiger partial charge in [0.25, 0.3) is 0 Å². The van der Waals surface area contributed by atoms with Gasteiger partial charge in [-0.25, -0.2) is 18.1 Å². The summed E-state index contributed by atoms with van der Waals surface area (Å²) in [4.78, 5) is 18.6. The molecule has 25 heavy (non-hydrogen) atoms. The molecule has 0 spiro atoms. The largest absolute Gasteiger partial charge is 0.356 e. The number of hydrogen-bond acceptors (Lipinski definition) is 5. The summed E-state index contributed by atoms with van der Waals surface area (Å²) in [5.41, 5.74) is -0.384. The van der Waals surface area contributed by atoms with Gasteiger partial charge in [0.05, 0.1) is 0 Å². The minimum absolute atomic E-state index is 0.0596. The van der Waals surface area contributed by atoms with Crippen molar-refractivity contribution < 1.29 is 13.2 Å². The van der Waals surface area contributed by atoms with E-state index in [1.807, 2.05) is 20.8 Å². The fraction of sp³-hybridized carbons (Fsp3) is 0.647. The Morgan fingerprint density at radius 2 is 2.08 bits per heavy atom. The van der Waals surface area contributed by atoms with Crippen LogP contribution in [-0.2, 0) is 14.8 Å². The SMILES string of the molecule is CNS(=O)(=O)c1ccc(N2CCCC(CNC(=O)C(C)(C)C)C2)nc1. The molecular formula is C17H28N4O3S. The van der Waals surface area contributed by atoms with Gasteiger partial charge in [0, 0.05) is 31.2 Å². The summed E-state index contributed by atoms with van der Waals surface area (Å²) in [6, 6.07) is 3.31. The predicted octanol–water partition coefficient (Wildman–Crippen LogP) is 1.37. The molecule has 1 aliphatic heterocycles. The molecule has 0 aliphatic carbocycles. The third kappa shape index (κ3) is 5.15. The fourth-order valence-corrected chi connectivity index (χ4v) is 3.45. The van der Waals surface area contributed by atoms with E-state index in [2.05, 4.69) is 19.9 Å². The molecule has 0 saturated carbocycles. The van der Waals surface area contributed by atoms with Gasteiger partial charge < -0.3 is 10.2 Å². The summed E-state index contributed by atoms with van der Waals surface area (Å²) in [5.74, 6) is 1.19. The number of piperidine rings is 1. The molecule has 2 rings (SSSR count). The summed E-state index contributed by atoms with van der Waals surface area (Å²) in [5, 5.41) is 3.03. The Balaban J connectivity index is 1.98. The van der Waals surface area contributed by atoms with Crippen LogP contribution in [0.25, 0.3) is 0 Å². The highest BCUT2D eigenvalue weighted by Crippen LogP contribution is 2.22. The number of anilines is 1. The van der Waals surface area contributed by atoms with Crippen LogP contribution in [0.5, 0.6) is 0 Å². The molecule has 1 atom stereocenters. The molecule has 1 unspecified atom stereocenters. The highest BCUT2D eigenvalue weighted by molar-refractivity contribution is 7.89. The van der Waals surface area contributed by atoms with Gasteiger partial charge in [0.1, 0.15) is 10.7 Å². The maximum Gasteiger partial charge on any atom is 0.241 e. The zero-order valence-corrected chi connectivity index (χ0v) is 16.2. The lowest BCUT2D eigenvalue weighted by molar-refractivity contribution is -0.128. The van der Waals surface area contributed by atoms with E-state index in [1.54, 1.807) is 12.1 Å². The van der Waals surface area contributed by atoms with E-state index < -0.39 is 10.0 Å². The number of carbonyl (C=O) groups is 1. The van der Waals surface area contributed by atoms with Crippen molar-refractivity contribution in [2.45, 2.75) is 38.5 Å². The van der Waals surface area contributed by atoms with E-state index in [-0.39, 0.29) is 16.2 Å². The second kappa shape index (κ2) is 7.70. The number of sulfonamides is 1. The van der Waals surface area contributed by atoms with Crippen molar-refractivity contribution in [1.82, 2.24) is 15.0 Å². The Hall–Kier alpha value is -1.67. The average Bonchev–Trinajstić information content (AvgIpc) is 2.59. The maximum absolute atomic E-state index is 12.0. The van der Waals surface area contributed by atoms with Gasteiger partial charge >= 0.3 is 0 Å². The number of pyridine rings is 1. The van der Waals surface area contributed by atoms with E-state index in [0.29, 0.717) is 12.5 Å². The van der Waals surface area contributed by atoms with Crippen molar-refractivity contribution in [2.24, 2.45) is 11.3 Å². The van der Waals surface area contributed by atoms with Crippen molar-refractivity contribution in [3.05, 3.63) is 18.3 Å². The third-order valence-corrected chi connectivity index (χ3v) is 5.77. The summed E-state index contributed by atoms with van der Waals surface area (Å²) in [7, 11) is -2.09. The molecule has 1 fully saturated rings. The van der Waals surface area contributed by atoms with E-state index >= 15 is 0 Å². The van der Waals surface area contributed by atoms with Crippen LogP contribution in [0.4, 0.5) is 5.82 Å². The normalized spacial score (nSPS) is 18.9. The fourth-order valence-electron chi connectivity index (χ4n) is 2.78. The summed E-state index contributed by atoms with van der Waals surface area (Å²) in [6.45, 7) is 8.05. The lowest BCUT2D eigenvalue weighted by Crippen LogP contribution is -2.43. The molecule has 1 aromatic rings. The molecule has 1 aromatic heterocycles. The first-order chi connectivity index (χ1) is 11.6. The number of aromatic nitrogens is 1. The number of nitrogens with one attached hydrogen (secondary N) is 2. The van der Waals surface area contributed by atoms with Crippen molar-refractivity contribution in [3.63, 3.8) is 0 Å². The maximum atomic E-state index is 12.0. The third-order valence-electron chi connectivity index (χ3n) is 4.38. The summed E-state index contributed by atoms with van der Waals surface area (Å²) < 4.78 is 25.8. The highest BCUT2D eigenvalue weighted by atomic mass is 32.2. The molecule has 7 nitrogen and oxygen atoms in total. The van der Waals surface area contributed by atoms with Crippen molar-refractivity contribution >= 4 is 21.7 Å². The van der Waals surface area contributed by atoms with Crippen LogP contribution in [0, 0.1) is 11.3 Å². The first-order valence-corrected chi connectivity index (χ1v) is 10.0. The monoisotopic (exact) mass is 368 g/mol. The Morgan fingerprint density at radius 1 is 1.36 bits per heavy atom. The topological polar surface area (TPSA) is 91.4 Å². The van der Waals surface area contributed by atoms with E-state index in [4.69, 9.17) is 0 Å². The first-order valence-electron chi connectivity index (χ1n) is 8.56. The van der Waals surface area contributed by atoms with E-state index in [0.717, 1.165) is 31.7 Å². The molecule has 2 heterocycles. The molecule has 1 amide bonds. The minimum atomic E-state index is -3.47. The first kappa shape index (κ1) is 19.7. The standard InChI is InChI=1S/C17H28N4O3S/c1-17(2,3)16(22)20-10-13-6-5-9-21(12-13)15-8-7-14(11-19-15)25(23,24)18-4/h7-8,11,13,18H,5-6,9-10,12H2,1-4H3,(H,20,22). The number of carbonyl (C=O) groups excluding carboxylic acids is 1. The van der Waals surface area contributed by atoms with Crippen LogP contribution in [0.2, 0.25) is 0 Å². The number of rotatable bonds is 5. The van der Waals surface area contributed by atoms with Gasteiger partial charge in [-0.3, -0.25) is 4.79 Å². The van der Waals surface area contributed by atoms with Crippen LogP contribution >= 0.6 is 0 Å². The number of hydrogen-bond donors (Lipinski definition) is 2. The minimum Gasteiger partial charge on any atom is -0.356 e. The van der Waals surface area contributed by atoms with Gasteiger partial charge in [-0.15, -0.1) is 0 Å². The zero-order valence-electron chi connectivity index (χ0n) is 15.4. The molecular weight excluding hydrogens is 340 g/mol. The molecule has 140 valence electrons. The molecule has 1 aliphatic rings. The van der Waals surface area contributed by atoms with Gasteiger partial charge in [0.15, 0.2) is 0 Å². The van der Waals surface area contributed by atoms with Gasteiger partial charge in [-0.1, -0.05) is 20.8 Å². The summed E-state index contributed by atoms with van der Waals surface area (Å²) in [6.07, 6.45) is 3.47. The van der Waals surface area contributed by atoms with E-state index in [1.165, 1.54) is 13.2 Å². The van der Waals surface area contributed by atoms with E-state index in [9.17, 15) is 13.2 Å². The Kier molecular flexibility index (Phi) is 6.05. The lowest BCUT2D eigenvalue weighted by Gasteiger charge is -2.34. The van der Waals surface area contributed by atoms with Crippen LogP contribution < -0.4 is 14.9 Å². The van der Waals surface area contributed by atoms with Gasteiger partial charge in [-0.2, -0.15) is 0 Å². The smallest absolute Gasteiger partial charge is 0.241 e. The molecule has 0 radical (unpaired) electrons. The molecule has 8 heteroatoms. The Bertz CT molecular complexity index is 696. The Labute approximate surface area is 150 Å². The molecule has 0 aromatic carbocycles. The molecule has 0 bridgehead atoms. The average molecular weight is 369 g/mol. The number of amides is 1. The number of nitrogens with zero attached hydrogens (tertiary/aromatic N) is 2. The highest BCUT2D eigenvalue weighted by Gasteiger charge is 2.25. The van der Waals surface area contributed by atoms with Crippen molar-refractivity contribution in [3.8, 4) is 0 Å². The lowest BCUT2D eigenvalue weighted by atomic mass is 9.94. The van der Waals surface area contributed by atoms with Crippen LogP contribution in [0.3, 0.4) is 0 Å². The quantitative estimate of drug-likeness (QED) is 0.819. The van der Waals surface area contributed by atoms with Crippen LogP contribution in [0.15, 0.2) is 23.2 Å².